The van der Waals surface area contributed by atoms with Gasteiger partial charge in [-0.2, -0.15) is 0 Å². The standard InChI is InChI=1S/C14H16ClNO4S/c1-8(17)16-11(9-4-6-10(15)7-5-9)21-14(2,3)12(16)20-13(18)19/h4-7,11-12H,1-3H3,(H,18,19)/t11-,12-/m0/s1. The van der Waals surface area contributed by atoms with Gasteiger partial charge in [-0.15, -0.1) is 11.8 Å². The largest absolute Gasteiger partial charge is 0.507 e. The van der Waals surface area contributed by atoms with E-state index in [0.717, 1.165) is 5.56 Å². The number of carbonyl (C=O) groups excluding carboxylic acids is 1. The van der Waals surface area contributed by atoms with Crippen LogP contribution in [0.4, 0.5) is 4.79 Å². The predicted octanol–water partition coefficient (Wildman–Crippen LogP) is 3.73. The van der Waals surface area contributed by atoms with Crippen LogP contribution in [-0.4, -0.2) is 33.0 Å². The Morgan fingerprint density at radius 2 is 1.90 bits per heavy atom. The Kier molecular flexibility index (Phi) is 4.39. The van der Waals surface area contributed by atoms with Crippen LogP contribution in [0.1, 0.15) is 31.7 Å². The molecule has 0 bridgehead atoms. The predicted molar refractivity (Wildman–Crippen MR) is 81.3 cm³/mol. The number of benzene rings is 1. The highest BCUT2D eigenvalue weighted by atomic mass is 35.5. The fourth-order valence-corrected chi connectivity index (χ4v) is 3.99. The van der Waals surface area contributed by atoms with E-state index in [1.165, 1.54) is 23.6 Å². The summed E-state index contributed by atoms with van der Waals surface area (Å²) in [6, 6.07) is 7.15. The van der Waals surface area contributed by atoms with E-state index in [9.17, 15) is 9.59 Å². The Balaban J connectivity index is 2.39. The van der Waals surface area contributed by atoms with Gasteiger partial charge in [0.15, 0.2) is 6.23 Å². The number of ether oxygens (including phenoxy) is 1. The van der Waals surface area contributed by atoms with Crippen molar-refractivity contribution >= 4 is 35.4 Å². The second kappa shape index (κ2) is 5.77. The summed E-state index contributed by atoms with van der Waals surface area (Å²) in [5.41, 5.74) is 0.879. The maximum absolute atomic E-state index is 12.0. The Morgan fingerprint density at radius 1 is 1.33 bits per heavy atom. The van der Waals surface area contributed by atoms with Crippen LogP contribution in [0.3, 0.4) is 0 Å². The minimum absolute atomic E-state index is 0.237. The second-order valence-corrected chi connectivity index (χ2v) is 7.46. The molecule has 1 amide bonds. The molecule has 2 atom stereocenters. The number of hydrogen-bond donors (Lipinski definition) is 1. The van der Waals surface area contributed by atoms with Gasteiger partial charge < -0.3 is 9.84 Å². The van der Waals surface area contributed by atoms with E-state index in [1.54, 1.807) is 12.1 Å². The van der Waals surface area contributed by atoms with E-state index >= 15 is 0 Å². The molecule has 1 heterocycles. The highest BCUT2D eigenvalue weighted by Crippen LogP contribution is 2.52. The molecule has 1 saturated heterocycles. The van der Waals surface area contributed by atoms with Crippen LogP contribution >= 0.6 is 23.4 Å². The second-order valence-electron chi connectivity index (χ2n) is 5.29. The minimum Gasteiger partial charge on any atom is -0.450 e. The lowest BCUT2D eigenvalue weighted by Crippen LogP contribution is -2.46. The number of nitrogens with zero attached hydrogens (tertiary/aromatic N) is 1. The zero-order valence-electron chi connectivity index (χ0n) is 11.9. The highest BCUT2D eigenvalue weighted by Gasteiger charge is 2.51. The molecule has 21 heavy (non-hydrogen) atoms. The minimum atomic E-state index is -1.39. The van der Waals surface area contributed by atoms with Crippen molar-refractivity contribution in [2.45, 2.75) is 37.1 Å². The summed E-state index contributed by atoms with van der Waals surface area (Å²) >= 11 is 7.37. The van der Waals surface area contributed by atoms with Gasteiger partial charge in [-0.1, -0.05) is 23.7 Å². The molecule has 1 aliphatic heterocycles. The Bertz CT molecular complexity index is 561. The van der Waals surface area contributed by atoms with Crippen LogP contribution in [0.5, 0.6) is 0 Å². The third kappa shape index (κ3) is 3.27. The fourth-order valence-electron chi connectivity index (χ4n) is 2.34. The molecule has 1 fully saturated rings. The van der Waals surface area contributed by atoms with Crippen LogP contribution in [0.25, 0.3) is 0 Å². The van der Waals surface area contributed by atoms with Crippen LogP contribution in [0, 0.1) is 0 Å². The van der Waals surface area contributed by atoms with E-state index in [4.69, 9.17) is 21.4 Å². The maximum atomic E-state index is 12.0. The van der Waals surface area contributed by atoms with Crippen molar-refractivity contribution < 1.29 is 19.4 Å². The number of hydrogen-bond acceptors (Lipinski definition) is 4. The summed E-state index contributed by atoms with van der Waals surface area (Å²) < 4.78 is 4.40. The third-order valence-corrected chi connectivity index (χ3v) is 5.03. The first-order valence-corrected chi connectivity index (χ1v) is 7.60. The molecule has 0 aliphatic carbocycles. The first-order chi connectivity index (χ1) is 9.72. The van der Waals surface area contributed by atoms with Gasteiger partial charge in [-0.05, 0) is 31.5 Å². The summed E-state index contributed by atoms with van der Waals surface area (Å²) in [4.78, 5) is 24.4. The summed E-state index contributed by atoms with van der Waals surface area (Å²) in [5.74, 6) is -0.237. The molecule has 0 spiro atoms. The highest BCUT2D eigenvalue weighted by molar-refractivity contribution is 8.01. The van der Waals surface area contributed by atoms with Crippen LogP contribution < -0.4 is 0 Å². The van der Waals surface area contributed by atoms with Crippen LogP contribution in [-0.2, 0) is 9.53 Å². The van der Waals surface area contributed by atoms with Gasteiger partial charge in [0.2, 0.25) is 5.91 Å². The van der Waals surface area contributed by atoms with E-state index in [2.05, 4.69) is 0 Å². The number of carboxylic acid groups (broad SMARTS) is 1. The molecule has 0 saturated carbocycles. The number of thioether (sulfide) groups is 1. The normalized spacial score (nSPS) is 23.9. The molecule has 7 heteroatoms. The zero-order chi connectivity index (χ0) is 15.8. The van der Waals surface area contributed by atoms with Gasteiger partial charge in [0.1, 0.15) is 5.37 Å². The van der Waals surface area contributed by atoms with E-state index < -0.39 is 17.1 Å². The molecule has 1 N–H and O–H groups in total. The number of rotatable bonds is 2. The summed E-state index contributed by atoms with van der Waals surface area (Å²) in [6.45, 7) is 5.12. The monoisotopic (exact) mass is 329 g/mol. The van der Waals surface area contributed by atoms with E-state index in [1.807, 2.05) is 26.0 Å². The SMILES string of the molecule is CC(=O)N1[C@@H](OC(=O)O)C(C)(C)S[C@H]1c1ccc(Cl)cc1. The van der Waals surface area contributed by atoms with Gasteiger partial charge in [0.05, 0.1) is 4.75 Å². The first-order valence-electron chi connectivity index (χ1n) is 6.34. The summed E-state index contributed by atoms with van der Waals surface area (Å²) in [5, 5.41) is 9.21. The smallest absolute Gasteiger partial charge is 0.450 e. The molecule has 114 valence electrons. The van der Waals surface area contributed by atoms with E-state index in [0.29, 0.717) is 5.02 Å². The Labute approximate surface area is 132 Å². The lowest BCUT2D eigenvalue weighted by molar-refractivity contribution is -0.141. The van der Waals surface area contributed by atoms with Crippen LogP contribution in [0.2, 0.25) is 5.02 Å². The summed E-state index contributed by atoms with van der Waals surface area (Å²) in [7, 11) is 0. The fraction of sp³-hybridized carbons (Fsp3) is 0.429. The average Bonchev–Trinajstić information content (AvgIpc) is 2.61. The first kappa shape index (κ1) is 16.0. The molecule has 0 unspecified atom stereocenters. The molecule has 0 aromatic heterocycles. The number of carbonyl (C=O) groups is 2. The topological polar surface area (TPSA) is 66.8 Å². The van der Waals surface area contributed by atoms with Crippen molar-refractivity contribution in [3.63, 3.8) is 0 Å². The van der Waals surface area contributed by atoms with E-state index in [-0.39, 0.29) is 11.3 Å². The molecule has 5 nitrogen and oxygen atoms in total. The van der Waals surface area contributed by atoms with Gasteiger partial charge in [0, 0.05) is 11.9 Å². The Hall–Kier alpha value is -1.40. The van der Waals surface area contributed by atoms with Crippen molar-refractivity contribution in [1.82, 2.24) is 4.90 Å². The number of amides is 1. The van der Waals surface area contributed by atoms with Crippen molar-refractivity contribution in [3.8, 4) is 0 Å². The molecule has 1 aromatic rings. The maximum Gasteiger partial charge on any atom is 0.507 e. The molecular weight excluding hydrogens is 314 g/mol. The van der Waals surface area contributed by atoms with Crippen molar-refractivity contribution in [2.24, 2.45) is 0 Å². The molecule has 1 aromatic carbocycles. The van der Waals surface area contributed by atoms with Gasteiger partial charge in [0.25, 0.3) is 0 Å². The Morgan fingerprint density at radius 3 is 2.38 bits per heavy atom. The van der Waals surface area contributed by atoms with Crippen molar-refractivity contribution in [1.29, 1.82) is 0 Å². The average molecular weight is 330 g/mol. The lowest BCUT2D eigenvalue weighted by Gasteiger charge is -2.30. The quantitative estimate of drug-likeness (QED) is 0.837. The van der Waals surface area contributed by atoms with Gasteiger partial charge in [-0.3, -0.25) is 9.69 Å². The molecule has 0 radical (unpaired) electrons. The molecule has 1 aliphatic rings. The van der Waals surface area contributed by atoms with Crippen molar-refractivity contribution in [3.05, 3.63) is 34.9 Å². The van der Waals surface area contributed by atoms with Crippen molar-refractivity contribution in [2.75, 3.05) is 0 Å². The molecular formula is C14H16ClNO4S. The summed E-state index contributed by atoms with van der Waals surface area (Å²) in [6.07, 6.45) is -2.23. The number of halogens is 1. The zero-order valence-corrected chi connectivity index (χ0v) is 13.4. The van der Waals surface area contributed by atoms with Gasteiger partial charge in [-0.25, -0.2) is 4.79 Å². The molecule has 2 rings (SSSR count). The van der Waals surface area contributed by atoms with Gasteiger partial charge >= 0.3 is 6.16 Å². The van der Waals surface area contributed by atoms with Crippen LogP contribution in [0.15, 0.2) is 24.3 Å². The lowest BCUT2D eigenvalue weighted by atomic mass is 10.1. The third-order valence-electron chi connectivity index (χ3n) is 3.25.